The van der Waals surface area contributed by atoms with Crippen LogP contribution in [0.5, 0.6) is 0 Å². The van der Waals surface area contributed by atoms with Crippen LogP contribution in [0.4, 0.5) is 18.9 Å². The van der Waals surface area contributed by atoms with Gasteiger partial charge in [-0.3, -0.25) is 4.79 Å². The SMILES string of the molecule is C=C(C)c1ccc(Br)cc1NC(=O)C(F)(F)F. The van der Waals surface area contributed by atoms with Crippen molar-refractivity contribution in [3.8, 4) is 0 Å². The number of allylic oxidation sites excluding steroid dienone is 1. The van der Waals surface area contributed by atoms with Crippen molar-refractivity contribution in [2.24, 2.45) is 0 Å². The zero-order chi connectivity index (χ0) is 13.2. The third-order valence-electron chi connectivity index (χ3n) is 1.95. The molecule has 92 valence electrons. The molecular weight excluding hydrogens is 299 g/mol. The van der Waals surface area contributed by atoms with Crippen molar-refractivity contribution >= 4 is 33.1 Å². The standard InChI is InChI=1S/C11H9BrF3NO/c1-6(2)8-4-3-7(12)5-9(8)16-10(17)11(13,14)15/h3-5H,1H2,2H3,(H,16,17). The molecule has 0 radical (unpaired) electrons. The second-order valence-corrected chi connectivity index (χ2v) is 4.34. The van der Waals surface area contributed by atoms with Crippen LogP contribution in [-0.4, -0.2) is 12.1 Å². The van der Waals surface area contributed by atoms with Crippen molar-refractivity contribution in [2.45, 2.75) is 13.1 Å². The van der Waals surface area contributed by atoms with Gasteiger partial charge < -0.3 is 5.32 Å². The number of hydrogen-bond acceptors (Lipinski definition) is 1. The molecular formula is C11H9BrF3NO. The Hall–Kier alpha value is -1.30. The molecule has 1 amide bonds. The van der Waals surface area contributed by atoms with E-state index >= 15 is 0 Å². The molecule has 0 heterocycles. The maximum atomic E-state index is 12.1. The predicted molar refractivity (Wildman–Crippen MR) is 63.5 cm³/mol. The van der Waals surface area contributed by atoms with Crippen molar-refractivity contribution in [1.29, 1.82) is 0 Å². The van der Waals surface area contributed by atoms with Gasteiger partial charge in [-0.2, -0.15) is 13.2 Å². The zero-order valence-electron chi connectivity index (χ0n) is 8.86. The molecule has 0 saturated heterocycles. The first-order chi connectivity index (χ1) is 7.71. The summed E-state index contributed by atoms with van der Waals surface area (Å²) in [5.41, 5.74) is 1.11. The minimum absolute atomic E-state index is 0.0780. The minimum atomic E-state index is -4.91. The average Bonchev–Trinajstić information content (AvgIpc) is 2.15. The molecule has 1 aromatic rings. The summed E-state index contributed by atoms with van der Waals surface area (Å²) in [6, 6.07) is 4.64. The number of nitrogens with one attached hydrogen (secondary N) is 1. The van der Waals surface area contributed by atoms with Crippen LogP contribution in [0.15, 0.2) is 29.3 Å². The van der Waals surface area contributed by atoms with Crippen LogP contribution < -0.4 is 5.32 Å². The molecule has 0 unspecified atom stereocenters. The van der Waals surface area contributed by atoms with E-state index < -0.39 is 12.1 Å². The van der Waals surface area contributed by atoms with E-state index in [1.807, 2.05) is 5.32 Å². The number of anilines is 1. The second kappa shape index (κ2) is 4.91. The van der Waals surface area contributed by atoms with Gasteiger partial charge in [-0.15, -0.1) is 0 Å². The lowest BCUT2D eigenvalue weighted by Crippen LogP contribution is -2.30. The number of rotatable bonds is 2. The Morgan fingerprint density at radius 2 is 2.00 bits per heavy atom. The highest BCUT2D eigenvalue weighted by atomic mass is 79.9. The van der Waals surface area contributed by atoms with E-state index in [1.54, 1.807) is 19.1 Å². The van der Waals surface area contributed by atoms with Crippen molar-refractivity contribution in [3.63, 3.8) is 0 Å². The molecule has 0 aromatic heterocycles. The summed E-state index contributed by atoms with van der Waals surface area (Å²) < 4.78 is 36.9. The molecule has 1 aromatic carbocycles. The fraction of sp³-hybridized carbons (Fsp3) is 0.182. The molecule has 0 aliphatic rings. The topological polar surface area (TPSA) is 29.1 Å². The van der Waals surface area contributed by atoms with E-state index in [-0.39, 0.29) is 5.69 Å². The first kappa shape index (κ1) is 13.8. The Labute approximate surface area is 105 Å². The van der Waals surface area contributed by atoms with Crippen molar-refractivity contribution in [3.05, 3.63) is 34.8 Å². The highest BCUT2D eigenvalue weighted by Crippen LogP contribution is 2.28. The summed E-state index contributed by atoms with van der Waals surface area (Å²) in [5.74, 6) is -2.00. The molecule has 0 spiro atoms. The van der Waals surface area contributed by atoms with Gasteiger partial charge >= 0.3 is 12.1 Å². The van der Waals surface area contributed by atoms with Gasteiger partial charge in [0, 0.05) is 15.7 Å². The number of amides is 1. The van der Waals surface area contributed by atoms with Gasteiger partial charge in [0.1, 0.15) is 0 Å². The largest absolute Gasteiger partial charge is 0.471 e. The van der Waals surface area contributed by atoms with Gasteiger partial charge in [0.05, 0.1) is 0 Å². The highest BCUT2D eigenvalue weighted by molar-refractivity contribution is 9.10. The van der Waals surface area contributed by atoms with Crippen LogP contribution in [-0.2, 0) is 4.79 Å². The lowest BCUT2D eigenvalue weighted by Gasteiger charge is -2.12. The molecule has 0 aliphatic heterocycles. The molecule has 0 atom stereocenters. The van der Waals surface area contributed by atoms with E-state index in [0.29, 0.717) is 15.6 Å². The van der Waals surface area contributed by atoms with Crippen molar-refractivity contribution in [1.82, 2.24) is 0 Å². The molecule has 0 saturated carbocycles. The van der Waals surface area contributed by atoms with Gasteiger partial charge in [-0.05, 0) is 24.6 Å². The zero-order valence-corrected chi connectivity index (χ0v) is 10.4. The summed E-state index contributed by atoms with van der Waals surface area (Å²) in [5, 5.41) is 1.82. The monoisotopic (exact) mass is 307 g/mol. The van der Waals surface area contributed by atoms with E-state index in [1.165, 1.54) is 6.07 Å². The fourth-order valence-electron chi connectivity index (χ4n) is 1.19. The first-order valence-electron chi connectivity index (χ1n) is 4.55. The van der Waals surface area contributed by atoms with Gasteiger partial charge in [0.15, 0.2) is 0 Å². The number of halogens is 4. The van der Waals surface area contributed by atoms with Crippen LogP contribution in [0.3, 0.4) is 0 Å². The summed E-state index contributed by atoms with van der Waals surface area (Å²) in [6.07, 6.45) is -4.91. The van der Waals surface area contributed by atoms with Crippen LogP contribution in [0.2, 0.25) is 0 Å². The lowest BCUT2D eigenvalue weighted by molar-refractivity contribution is -0.167. The van der Waals surface area contributed by atoms with Gasteiger partial charge in [0.2, 0.25) is 0 Å². The van der Waals surface area contributed by atoms with E-state index in [9.17, 15) is 18.0 Å². The van der Waals surface area contributed by atoms with Crippen molar-refractivity contribution in [2.75, 3.05) is 5.32 Å². The Bertz CT molecular complexity index is 468. The third kappa shape index (κ3) is 3.59. The minimum Gasteiger partial charge on any atom is -0.318 e. The second-order valence-electron chi connectivity index (χ2n) is 3.42. The smallest absolute Gasteiger partial charge is 0.318 e. The Balaban J connectivity index is 3.09. The molecule has 2 nitrogen and oxygen atoms in total. The van der Waals surface area contributed by atoms with Crippen LogP contribution in [0.25, 0.3) is 5.57 Å². The molecule has 0 fully saturated rings. The summed E-state index contributed by atoms with van der Waals surface area (Å²) in [4.78, 5) is 10.8. The average molecular weight is 308 g/mol. The Kier molecular flexibility index (Phi) is 3.98. The molecule has 1 N–H and O–H groups in total. The number of hydrogen-bond donors (Lipinski definition) is 1. The molecule has 6 heteroatoms. The Morgan fingerprint density at radius 1 is 1.41 bits per heavy atom. The molecule has 0 aliphatic carbocycles. The number of carbonyl (C=O) groups is 1. The van der Waals surface area contributed by atoms with Gasteiger partial charge in [-0.25, -0.2) is 0 Å². The van der Waals surface area contributed by atoms with Crippen LogP contribution in [0, 0.1) is 0 Å². The van der Waals surface area contributed by atoms with Gasteiger partial charge in [0.25, 0.3) is 0 Å². The Morgan fingerprint density at radius 3 is 2.47 bits per heavy atom. The number of benzene rings is 1. The van der Waals surface area contributed by atoms with E-state index in [4.69, 9.17) is 0 Å². The van der Waals surface area contributed by atoms with E-state index in [0.717, 1.165) is 0 Å². The van der Waals surface area contributed by atoms with E-state index in [2.05, 4.69) is 22.5 Å². The normalized spacial score (nSPS) is 11.1. The summed E-state index contributed by atoms with van der Waals surface area (Å²) >= 11 is 3.12. The quantitative estimate of drug-likeness (QED) is 0.879. The summed E-state index contributed by atoms with van der Waals surface area (Å²) in [6.45, 7) is 5.28. The van der Waals surface area contributed by atoms with Crippen molar-refractivity contribution < 1.29 is 18.0 Å². The number of carbonyl (C=O) groups excluding carboxylic acids is 1. The van der Waals surface area contributed by atoms with Gasteiger partial charge in [-0.1, -0.05) is 28.6 Å². The molecule has 1 rings (SSSR count). The predicted octanol–water partition coefficient (Wildman–Crippen LogP) is 3.98. The highest BCUT2D eigenvalue weighted by Gasteiger charge is 2.38. The molecule has 0 bridgehead atoms. The van der Waals surface area contributed by atoms with Crippen LogP contribution >= 0.6 is 15.9 Å². The third-order valence-corrected chi connectivity index (χ3v) is 2.44. The molecule has 17 heavy (non-hydrogen) atoms. The van der Waals surface area contributed by atoms with Crippen LogP contribution in [0.1, 0.15) is 12.5 Å². The maximum absolute atomic E-state index is 12.1. The number of alkyl halides is 3. The first-order valence-corrected chi connectivity index (χ1v) is 5.34. The lowest BCUT2D eigenvalue weighted by atomic mass is 10.1. The fourth-order valence-corrected chi connectivity index (χ4v) is 1.55. The maximum Gasteiger partial charge on any atom is 0.471 e. The summed E-state index contributed by atoms with van der Waals surface area (Å²) in [7, 11) is 0.